The van der Waals surface area contributed by atoms with Crippen molar-refractivity contribution < 1.29 is 14.6 Å². The number of methoxy groups -OCH3 is 1. The second-order valence-corrected chi connectivity index (χ2v) is 5.45. The number of carbonyl (C=O) groups excluding carboxylic acids is 1. The largest absolute Gasteiger partial charge is 0.396 e. The molecule has 2 N–H and O–H groups in total. The molecule has 1 aromatic heterocycles. The lowest BCUT2D eigenvalue weighted by Crippen LogP contribution is -2.38. The van der Waals surface area contributed by atoms with Crippen molar-refractivity contribution in [3.8, 4) is 0 Å². The Hall–Kier alpha value is -1.18. The van der Waals surface area contributed by atoms with Gasteiger partial charge in [-0.2, -0.15) is 0 Å². The molecule has 6 nitrogen and oxygen atoms in total. The van der Waals surface area contributed by atoms with Gasteiger partial charge in [-0.3, -0.25) is 9.59 Å². The molecule has 1 heterocycles. The minimum atomic E-state index is -0.164. The van der Waals surface area contributed by atoms with Crippen molar-refractivity contribution in [1.82, 2.24) is 9.88 Å². The number of nitrogens with zero attached hydrogens (tertiary/aromatic N) is 1. The van der Waals surface area contributed by atoms with Gasteiger partial charge in [-0.1, -0.05) is 11.3 Å². The number of aliphatic hydroxyl groups excluding tert-OH is 1. The summed E-state index contributed by atoms with van der Waals surface area (Å²) in [6, 6.07) is -0.164. The first-order chi connectivity index (χ1) is 9.58. The van der Waals surface area contributed by atoms with E-state index in [1.165, 1.54) is 11.3 Å². The number of carbonyl (C=O) groups is 1. The Morgan fingerprint density at radius 1 is 1.60 bits per heavy atom. The second kappa shape index (κ2) is 8.89. The molecule has 114 valence electrons. The highest BCUT2D eigenvalue weighted by Crippen LogP contribution is 2.03. The Labute approximate surface area is 122 Å². The molecule has 7 heteroatoms. The number of hydrogen-bond donors (Lipinski definition) is 2. The minimum absolute atomic E-state index is 0.0117. The zero-order valence-electron chi connectivity index (χ0n) is 11.9. The quantitative estimate of drug-likeness (QED) is 0.696. The molecule has 0 spiro atoms. The molecular formula is C13H22N2O4S. The van der Waals surface area contributed by atoms with Gasteiger partial charge in [0, 0.05) is 37.8 Å². The summed E-state index contributed by atoms with van der Waals surface area (Å²) in [5, 5.41) is 13.5. The molecule has 1 unspecified atom stereocenters. The highest BCUT2D eigenvalue weighted by molar-refractivity contribution is 7.07. The molecule has 1 amide bonds. The molecule has 1 rings (SSSR count). The molecular weight excluding hydrogens is 280 g/mol. The van der Waals surface area contributed by atoms with Crippen LogP contribution in [0.4, 0.5) is 0 Å². The van der Waals surface area contributed by atoms with Gasteiger partial charge >= 0.3 is 4.87 Å². The number of amides is 1. The third-order valence-corrected chi connectivity index (χ3v) is 3.85. The molecule has 0 radical (unpaired) electrons. The summed E-state index contributed by atoms with van der Waals surface area (Å²) in [4.78, 5) is 23.3. The van der Waals surface area contributed by atoms with Gasteiger partial charge in [0.25, 0.3) is 0 Å². The van der Waals surface area contributed by atoms with Crippen LogP contribution in [0, 0.1) is 6.92 Å². The van der Waals surface area contributed by atoms with Crippen molar-refractivity contribution in [2.45, 2.75) is 38.8 Å². The number of thiazole rings is 1. The number of hydrogen-bond acceptors (Lipinski definition) is 5. The molecule has 1 aromatic rings. The van der Waals surface area contributed by atoms with Crippen LogP contribution in [0.25, 0.3) is 0 Å². The van der Waals surface area contributed by atoms with Crippen LogP contribution in [0.15, 0.2) is 10.2 Å². The number of rotatable bonds is 9. The van der Waals surface area contributed by atoms with E-state index < -0.39 is 0 Å². The lowest BCUT2D eigenvalue weighted by molar-refractivity contribution is -0.122. The molecule has 0 aromatic carbocycles. The van der Waals surface area contributed by atoms with Crippen LogP contribution in [0.5, 0.6) is 0 Å². The van der Waals surface area contributed by atoms with E-state index in [4.69, 9.17) is 9.84 Å². The highest BCUT2D eigenvalue weighted by Gasteiger charge is 2.11. The predicted octanol–water partition coefficient (Wildman–Crippen LogP) is 0.512. The highest BCUT2D eigenvalue weighted by atomic mass is 32.1. The second-order valence-electron chi connectivity index (χ2n) is 4.63. The molecule has 0 saturated carbocycles. The number of aromatic nitrogens is 1. The number of ether oxygens (including phenoxy) is 1. The smallest absolute Gasteiger partial charge is 0.307 e. The molecule has 0 aliphatic carbocycles. The van der Waals surface area contributed by atoms with E-state index in [0.717, 1.165) is 5.69 Å². The van der Waals surface area contributed by atoms with E-state index in [9.17, 15) is 9.59 Å². The summed E-state index contributed by atoms with van der Waals surface area (Å²) < 4.78 is 6.66. The molecule has 1 atom stereocenters. The predicted molar refractivity (Wildman–Crippen MR) is 78.1 cm³/mol. The van der Waals surface area contributed by atoms with E-state index in [-0.39, 0.29) is 23.4 Å². The Bertz CT molecular complexity index is 463. The molecule has 20 heavy (non-hydrogen) atoms. The molecule has 0 aliphatic rings. The van der Waals surface area contributed by atoms with Crippen LogP contribution in [-0.2, 0) is 16.1 Å². The van der Waals surface area contributed by atoms with Gasteiger partial charge in [0.1, 0.15) is 0 Å². The Balaban J connectivity index is 2.34. The monoisotopic (exact) mass is 302 g/mol. The summed E-state index contributed by atoms with van der Waals surface area (Å²) >= 11 is 1.18. The normalized spacial score (nSPS) is 12.3. The van der Waals surface area contributed by atoms with Gasteiger partial charge < -0.3 is 19.7 Å². The Kier molecular flexibility index (Phi) is 7.50. The van der Waals surface area contributed by atoms with Gasteiger partial charge in [0.15, 0.2) is 0 Å². The van der Waals surface area contributed by atoms with Crippen molar-refractivity contribution >= 4 is 17.2 Å². The van der Waals surface area contributed by atoms with Crippen LogP contribution >= 0.6 is 11.3 Å². The van der Waals surface area contributed by atoms with Crippen LogP contribution in [0.3, 0.4) is 0 Å². The third kappa shape index (κ3) is 5.44. The summed E-state index contributed by atoms with van der Waals surface area (Å²) in [5.74, 6) is -0.0820. The third-order valence-electron chi connectivity index (χ3n) is 2.97. The molecule has 0 bridgehead atoms. The molecule has 0 aliphatic heterocycles. The maximum Gasteiger partial charge on any atom is 0.307 e. The maximum absolute atomic E-state index is 11.8. The van der Waals surface area contributed by atoms with E-state index >= 15 is 0 Å². The zero-order chi connectivity index (χ0) is 15.0. The Morgan fingerprint density at radius 3 is 2.90 bits per heavy atom. The van der Waals surface area contributed by atoms with Crippen molar-refractivity contribution in [3.63, 3.8) is 0 Å². The van der Waals surface area contributed by atoms with Crippen LogP contribution < -0.4 is 10.2 Å². The van der Waals surface area contributed by atoms with Gasteiger partial charge in [-0.15, -0.1) is 0 Å². The van der Waals surface area contributed by atoms with E-state index in [1.807, 2.05) is 12.3 Å². The summed E-state index contributed by atoms with van der Waals surface area (Å²) in [6.07, 6.45) is 1.44. The van der Waals surface area contributed by atoms with Crippen LogP contribution in [-0.4, -0.2) is 41.9 Å². The Morgan fingerprint density at radius 2 is 2.35 bits per heavy atom. The summed E-state index contributed by atoms with van der Waals surface area (Å²) in [7, 11) is 1.56. The number of nitrogens with one attached hydrogen (secondary N) is 1. The van der Waals surface area contributed by atoms with Crippen molar-refractivity contribution in [2.75, 3.05) is 20.3 Å². The van der Waals surface area contributed by atoms with Crippen LogP contribution in [0.1, 0.15) is 25.0 Å². The standard InChI is InChI=1S/C13H22N2O4S/c1-10-9-20-13(18)15(10)6-3-4-12(17)14-11(5-7-16)8-19-2/h9,11,16H,3-8H2,1-2H3,(H,14,17). The van der Waals surface area contributed by atoms with E-state index in [2.05, 4.69) is 5.32 Å². The van der Waals surface area contributed by atoms with Crippen molar-refractivity contribution in [2.24, 2.45) is 0 Å². The first-order valence-electron chi connectivity index (χ1n) is 6.62. The first-order valence-corrected chi connectivity index (χ1v) is 7.50. The average Bonchev–Trinajstić information content (AvgIpc) is 2.71. The summed E-state index contributed by atoms with van der Waals surface area (Å²) in [5.41, 5.74) is 0.929. The minimum Gasteiger partial charge on any atom is -0.396 e. The fourth-order valence-corrected chi connectivity index (χ4v) is 2.69. The SMILES string of the molecule is COCC(CCO)NC(=O)CCCn1c(C)csc1=O. The van der Waals surface area contributed by atoms with Crippen molar-refractivity contribution in [1.29, 1.82) is 0 Å². The van der Waals surface area contributed by atoms with Crippen LogP contribution in [0.2, 0.25) is 0 Å². The fraction of sp³-hybridized carbons (Fsp3) is 0.692. The first kappa shape index (κ1) is 16.9. The number of aryl methyl sites for hydroxylation is 1. The maximum atomic E-state index is 11.8. The van der Waals surface area contributed by atoms with Crippen molar-refractivity contribution in [3.05, 3.63) is 20.7 Å². The van der Waals surface area contributed by atoms with E-state index in [0.29, 0.717) is 32.4 Å². The topological polar surface area (TPSA) is 80.6 Å². The fourth-order valence-electron chi connectivity index (χ4n) is 1.93. The molecule has 0 fully saturated rings. The lowest BCUT2D eigenvalue weighted by Gasteiger charge is -2.16. The van der Waals surface area contributed by atoms with Gasteiger partial charge in [-0.25, -0.2) is 0 Å². The molecule has 0 saturated heterocycles. The number of aliphatic hydroxyl groups is 1. The lowest BCUT2D eigenvalue weighted by atomic mass is 10.2. The van der Waals surface area contributed by atoms with Gasteiger partial charge in [0.05, 0.1) is 12.6 Å². The zero-order valence-corrected chi connectivity index (χ0v) is 12.7. The average molecular weight is 302 g/mol. The van der Waals surface area contributed by atoms with Gasteiger partial charge in [-0.05, 0) is 19.8 Å². The van der Waals surface area contributed by atoms with Gasteiger partial charge in [0.2, 0.25) is 5.91 Å². The summed E-state index contributed by atoms with van der Waals surface area (Å²) in [6.45, 7) is 2.83. The van der Waals surface area contributed by atoms with E-state index in [1.54, 1.807) is 11.7 Å².